The highest BCUT2D eigenvalue weighted by Gasteiger charge is 2.45. The van der Waals surface area contributed by atoms with Gasteiger partial charge in [-0.3, -0.25) is 4.79 Å². The third kappa shape index (κ3) is 2.02. The third-order valence-electron chi connectivity index (χ3n) is 3.47. The summed E-state index contributed by atoms with van der Waals surface area (Å²) in [5.41, 5.74) is 1.79. The zero-order valence-electron chi connectivity index (χ0n) is 10.1. The number of benzene rings is 2. The molecule has 1 aliphatic carbocycles. The van der Waals surface area contributed by atoms with Gasteiger partial charge in [-0.15, -0.1) is 0 Å². The summed E-state index contributed by atoms with van der Waals surface area (Å²) in [5, 5.41) is 3.16. The van der Waals surface area contributed by atoms with Gasteiger partial charge in [-0.05, 0) is 30.5 Å². The van der Waals surface area contributed by atoms with E-state index in [-0.39, 0.29) is 11.4 Å². The Balaban J connectivity index is 1.80. The van der Waals surface area contributed by atoms with Crippen LogP contribution in [0, 0.1) is 0 Å². The van der Waals surface area contributed by atoms with Crippen LogP contribution < -0.4 is 5.32 Å². The van der Waals surface area contributed by atoms with E-state index in [1.165, 1.54) is 5.56 Å². The summed E-state index contributed by atoms with van der Waals surface area (Å²) in [6, 6.07) is 19.6. The highest BCUT2D eigenvalue weighted by Crippen LogP contribution is 2.45. The molecule has 0 radical (unpaired) electrons. The first-order valence-electron chi connectivity index (χ1n) is 6.23. The lowest BCUT2D eigenvalue weighted by atomic mass is 10.0. The van der Waals surface area contributed by atoms with Crippen LogP contribution in [0.3, 0.4) is 0 Å². The van der Waals surface area contributed by atoms with Crippen molar-refractivity contribution in [3.63, 3.8) is 0 Å². The molecule has 1 amide bonds. The number of hydrogen-bond donors (Lipinski definition) is 1. The maximum atomic E-state index is 12.2. The van der Waals surface area contributed by atoms with E-state index in [9.17, 15) is 4.79 Å². The first-order valence-corrected chi connectivity index (χ1v) is 6.23. The summed E-state index contributed by atoms with van der Waals surface area (Å²) in [6.45, 7) is 0. The lowest BCUT2D eigenvalue weighted by Gasteiger charge is -2.17. The smallest absolute Gasteiger partial charge is 0.251 e. The molecule has 0 unspecified atom stereocenters. The standard InChI is InChI=1S/C16H15NO/c18-15(13-7-3-1-4-8-13)17-16(11-12-16)14-9-5-2-6-10-14/h1-10H,11-12H2,(H,17,18). The van der Waals surface area contributed by atoms with Crippen molar-refractivity contribution < 1.29 is 4.79 Å². The van der Waals surface area contributed by atoms with Gasteiger partial charge in [0.2, 0.25) is 0 Å². The van der Waals surface area contributed by atoms with E-state index in [0.29, 0.717) is 0 Å². The number of carbonyl (C=O) groups is 1. The predicted octanol–water partition coefficient (Wildman–Crippen LogP) is 3.11. The number of rotatable bonds is 3. The zero-order chi connectivity index (χ0) is 12.4. The Hall–Kier alpha value is -2.09. The highest BCUT2D eigenvalue weighted by molar-refractivity contribution is 5.95. The highest BCUT2D eigenvalue weighted by atomic mass is 16.1. The van der Waals surface area contributed by atoms with Crippen LogP contribution >= 0.6 is 0 Å². The van der Waals surface area contributed by atoms with Crippen LogP contribution in [0.5, 0.6) is 0 Å². The molecule has 0 spiro atoms. The van der Waals surface area contributed by atoms with Crippen molar-refractivity contribution in [3.8, 4) is 0 Å². The van der Waals surface area contributed by atoms with Crippen molar-refractivity contribution in [2.24, 2.45) is 0 Å². The second kappa shape index (κ2) is 4.30. The average molecular weight is 237 g/mol. The van der Waals surface area contributed by atoms with Crippen molar-refractivity contribution in [3.05, 3.63) is 71.8 Å². The molecule has 90 valence electrons. The Morgan fingerprint density at radius 1 is 0.889 bits per heavy atom. The zero-order valence-corrected chi connectivity index (χ0v) is 10.1. The van der Waals surface area contributed by atoms with Crippen LogP contribution in [0.25, 0.3) is 0 Å². The van der Waals surface area contributed by atoms with Gasteiger partial charge in [0.25, 0.3) is 5.91 Å². The van der Waals surface area contributed by atoms with Gasteiger partial charge in [-0.1, -0.05) is 48.5 Å². The molecule has 1 N–H and O–H groups in total. The summed E-state index contributed by atoms with van der Waals surface area (Å²) in [6.07, 6.45) is 2.05. The number of nitrogens with one attached hydrogen (secondary N) is 1. The second-order valence-corrected chi connectivity index (χ2v) is 4.77. The topological polar surface area (TPSA) is 29.1 Å². The normalized spacial score (nSPS) is 16.0. The van der Waals surface area contributed by atoms with Crippen molar-refractivity contribution in [2.75, 3.05) is 0 Å². The molecule has 0 heterocycles. The van der Waals surface area contributed by atoms with Gasteiger partial charge in [0, 0.05) is 5.56 Å². The second-order valence-electron chi connectivity index (χ2n) is 4.77. The molecule has 0 aliphatic heterocycles. The first-order chi connectivity index (χ1) is 8.80. The molecule has 2 heteroatoms. The van der Waals surface area contributed by atoms with Crippen LogP contribution in [-0.2, 0) is 5.54 Å². The molecule has 3 rings (SSSR count). The molecule has 0 saturated heterocycles. The van der Waals surface area contributed by atoms with Gasteiger partial charge in [0.05, 0.1) is 5.54 Å². The van der Waals surface area contributed by atoms with Crippen LogP contribution in [0.15, 0.2) is 60.7 Å². The Morgan fingerprint density at radius 2 is 1.44 bits per heavy atom. The summed E-state index contributed by atoms with van der Waals surface area (Å²) in [5.74, 6) is 0.0111. The van der Waals surface area contributed by atoms with Gasteiger partial charge in [-0.25, -0.2) is 0 Å². The summed E-state index contributed by atoms with van der Waals surface area (Å²) in [7, 11) is 0. The number of hydrogen-bond acceptors (Lipinski definition) is 1. The van der Waals surface area contributed by atoms with Crippen molar-refractivity contribution >= 4 is 5.91 Å². The predicted molar refractivity (Wildman–Crippen MR) is 71.3 cm³/mol. The van der Waals surface area contributed by atoms with E-state index in [2.05, 4.69) is 17.4 Å². The molecule has 0 bridgehead atoms. The summed E-state index contributed by atoms with van der Waals surface area (Å²) >= 11 is 0. The molecule has 2 aromatic carbocycles. The molecule has 0 aromatic heterocycles. The van der Waals surface area contributed by atoms with Crippen molar-refractivity contribution in [2.45, 2.75) is 18.4 Å². The Labute approximate surface area is 107 Å². The largest absolute Gasteiger partial charge is 0.343 e. The fraction of sp³-hybridized carbons (Fsp3) is 0.188. The molecule has 1 fully saturated rings. The van der Waals surface area contributed by atoms with Crippen molar-refractivity contribution in [1.82, 2.24) is 5.32 Å². The van der Waals surface area contributed by atoms with Crippen LogP contribution in [0.1, 0.15) is 28.8 Å². The van der Waals surface area contributed by atoms with Gasteiger partial charge >= 0.3 is 0 Å². The molecule has 1 saturated carbocycles. The van der Waals surface area contributed by atoms with Gasteiger partial charge in [-0.2, -0.15) is 0 Å². The summed E-state index contributed by atoms with van der Waals surface area (Å²) < 4.78 is 0. The molecular formula is C16H15NO. The third-order valence-corrected chi connectivity index (χ3v) is 3.47. The lowest BCUT2D eigenvalue weighted by molar-refractivity contribution is 0.0931. The van der Waals surface area contributed by atoms with Crippen LogP contribution in [0.2, 0.25) is 0 Å². The van der Waals surface area contributed by atoms with E-state index in [4.69, 9.17) is 0 Å². The van der Waals surface area contributed by atoms with Gasteiger partial charge < -0.3 is 5.32 Å². The minimum atomic E-state index is -0.131. The quantitative estimate of drug-likeness (QED) is 0.873. The van der Waals surface area contributed by atoms with Gasteiger partial charge in [0.1, 0.15) is 0 Å². The van der Waals surface area contributed by atoms with Crippen LogP contribution in [-0.4, -0.2) is 5.91 Å². The van der Waals surface area contributed by atoms with E-state index in [1.54, 1.807) is 0 Å². The van der Waals surface area contributed by atoms with Crippen LogP contribution in [0.4, 0.5) is 0 Å². The Bertz CT molecular complexity index is 544. The van der Waals surface area contributed by atoms with E-state index in [1.807, 2.05) is 48.5 Å². The number of amides is 1. The number of carbonyl (C=O) groups excluding carboxylic acids is 1. The minimum Gasteiger partial charge on any atom is -0.343 e. The maximum Gasteiger partial charge on any atom is 0.251 e. The molecular weight excluding hydrogens is 222 g/mol. The molecule has 2 aromatic rings. The molecule has 2 nitrogen and oxygen atoms in total. The Kier molecular flexibility index (Phi) is 2.63. The molecule has 1 aliphatic rings. The molecule has 18 heavy (non-hydrogen) atoms. The average Bonchev–Trinajstić information content (AvgIpc) is 3.22. The Morgan fingerprint density at radius 3 is 2.00 bits per heavy atom. The molecule has 0 atom stereocenters. The lowest BCUT2D eigenvalue weighted by Crippen LogP contribution is -2.34. The van der Waals surface area contributed by atoms with E-state index < -0.39 is 0 Å². The van der Waals surface area contributed by atoms with Gasteiger partial charge in [0.15, 0.2) is 0 Å². The van der Waals surface area contributed by atoms with Crippen molar-refractivity contribution in [1.29, 1.82) is 0 Å². The maximum absolute atomic E-state index is 12.2. The monoisotopic (exact) mass is 237 g/mol. The SMILES string of the molecule is O=C(NC1(c2ccccc2)CC1)c1ccccc1. The van der Waals surface area contributed by atoms with E-state index in [0.717, 1.165) is 18.4 Å². The fourth-order valence-corrected chi connectivity index (χ4v) is 2.25. The van der Waals surface area contributed by atoms with E-state index >= 15 is 0 Å². The summed E-state index contributed by atoms with van der Waals surface area (Å²) in [4.78, 5) is 12.2. The first kappa shape index (κ1) is 11.0. The minimum absolute atomic E-state index is 0.0111. The fourth-order valence-electron chi connectivity index (χ4n) is 2.25.